The smallest absolute Gasteiger partial charge is 0.259 e. The summed E-state index contributed by atoms with van der Waals surface area (Å²) < 4.78 is 7.33. The van der Waals surface area contributed by atoms with Crippen LogP contribution < -0.4 is 5.32 Å². The maximum absolute atomic E-state index is 13.4. The summed E-state index contributed by atoms with van der Waals surface area (Å²) in [6.07, 6.45) is 5.79. The fourth-order valence-corrected chi connectivity index (χ4v) is 4.83. The fraction of sp³-hybridized carbons (Fsp3) is 0.500. The van der Waals surface area contributed by atoms with E-state index < -0.39 is 0 Å². The largest absolute Gasteiger partial charge is 0.345 e. The number of amides is 1. The maximum atomic E-state index is 13.4. The average molecular weight is 365 g/mol. The van der Waals surface area contributed by atoms with Gasteiger partial charge in [0, 0.05) is 24.0 Å². The number of carbonyl (C=O) groups excluding carboxylic acids is 1. The van der Waals surface area contributed by atoms with Gasteiger partial charge in [0.25, 0.3) is 11.6 Å². The standard InChI is InChI=1S/C20H23N5O2/c1-10-16-14(8-5-9-15(16)25(3)23-10)21-19(26)18-12-6-4-7-13(12)22-20-17(18)11(2)24-27-20/h14H,4-9H2,1-3H3,(H,21,26). The number of hydrogen-bond donors (Lipinski definition) is 1. The number of rotatable bonds is 2. The number of hydrogen-bond acceptors (Lipinski definition) is 5. The number of aromatic nitrogens is 4. The van der Waals surface area contributed by atoms with Crippen LogP contribution in [0.25, 0.3) is 11.1 Å². The molecule has 1 N–H and O–H groups in total. The number of nitrogens with zero attached hydrogens (tertiary/aromatic N) is 4. The zero-order valence-electron chi connectivity index (χ0n) is 15.9. The summed E-state index contributed by atoms with van der Waals surface area (Å²) in [4.78, 5) is 18.0. The summed E-state index contributed by atoms with van der Waals surface area (Å²) in [5, 5.41) is 12.7. The van der Waals surface area contributed by atoms with Gasteiger partial charge in [0.15, 0.2) is 0 Å². The SMILES string of the molecule is Cc1nn(C)c2c1C(NC(=O)c1c3c(nc4onc(C)c14)CCC3)CCC2. The van der Waals surface area contributed by atoms with Crippen molar-refractivity contribution < 1.29 is 9.32 Å². The first-order valence-corrected chi connectivity index (χ1v) is 9.65. The van der Waals surface area contributed by atoms with E-state index in [1.54, 1.807) is 0 Å². The average Bonchev–Trinajstić information content (AvgIpc) is 3.33. The van der Waals surface area contributed by atoms with Crippen LogP contribution in [0.15, 0.2) is 4.52 Å². The van der Waals surface area contributed by atoms with Crippen LogP contribution in [0.2, 0.25) is 0 Å². The molecular formula is C20H23N5O2. The quantitative estimate of drug-likeness (QED) is 0.755. The van der Waals surface area contributed by atoms with Gasteiger partial charge in [-0.05, 0) is 57.9 Å². The Hall–Kier alpha value is -2.70. The highest BCUT2D eigenvalue weighted by Gasteiger charge is 2.31. The van der Waals surface area contributed by atoms with E-state index in [4.69, 9.17) is 4.52 Å². The van der Waals surface area contributed by atoms with E-state index in [2.05, 4.69) is 20.6 Å². The normalized spacial score (nSPS) is 18.6. The highest BCUT2D eigenvalue weighted by molar-refractivity contribution is 6.07. The maximum Gasteiger partial charge on any atom is 0.259 e. The molecule has 0 bridgehead atoms. The third-order valence-electron chi connectivity index (χ3n) is 6.00. The van der Waals surface area contributed by atoms with Crippen LogP contribution in [-0.2, 0) is 26.3 Å². The minimum Gasteiger partial charge on any atom is -0.345 e. The minimum absolute atomic E-state index is 0.00427. The van der Waals surface area contributed by atoms with Crippen LogP contribution in [-0.4, -0.2) is 25.8 Å². The lowest BCUT2D eigenvalue weighted by Crippen LogP contribution is -2.32. The monoisotopic (exact) mass is 365 g/mol. The Kier molecular flexibility index (Phi) is 3.60. The van der Waals surface area contributed by atoms with Crippen molar-refractivity contribution in [2.45, 2.75) is 58.4 Å². The van der Waals surface area contributed by atoms with Crippen molar-refractivity contribution >= 4 is 17.0 Å². The van der Waals surface area contributed by atoms with Crippen molar-refractivity contribution in [3.8, 4) is 0 Å². The van der Waals surface area contributed by atoms with Gasteiger partial charge in [0.1, 0.15) is 0 Å². The van der Waals surface area contributed by atoms with Crippen LogP contribution in [0.5, 0.6) is 0 Å². The Balaban J connectivity index is 1.58. The van der Waals surface area contributed by atoms with E-state index in [0.717, 1.165) is 66.6 Å². The molecule has 1 amide bonds. The molecule has 2 aliphatic carbocycles. The molecule has 0 aromatic carbocycles. The van der Waals surface area contributed by atoms with Crippen LogP contribution >= 0.6 is 0 Å². The van der Waals surface area contributed by atoms with E-state index >= 15 is 0 Å². The highest BCUT2D eigenvalue weighted by Crippen LogP contribution is 2.35. The molecule has 0 spiro atoms. The summed E-state index contributed by atoms with van der Waals surface area (Å²) >= 11 is 0. The summed E-state index contributed by atoms with van der Waals surface area (Å²) in [6, 6.07) is -0.00427. The molecule has 140 valence electrons. The van der Waals surface area contributed by atoms with E-state index in [-0.39, 0.29) is 11.9 Å². The Morgan fingerprint density at radius 1 is 1.19 bits per heavy atom. The van der Waals surface area contributed by atoms with Crippen molar-refractivity contribution in [1.82, 2.24) is 25.2 Å². The van der Waals surface area contributed by atoms with Gasteiger partial charge in [0.2, 0.25) is 0 Å². The number of carbonyl (C=O) groups is 1. The third kappa shape index (κ3) is 2.40. The molecule has 0 radical (unpaired) electrons. The molecule has 0 fully saturated rings. The van der Waals surface area contributed by atoms with Crippen molar-refractivity contribution in [3.05, 3.63) is 39.5 Å². The molecule has 5 rings (SSSR count). The van der Waals surface area contributed by atoms with E-state index in [0.29, 0.717) is 11.3 Å². The van der Waals surface area contributed by atoms with Crippen LogP contribution in [0.1, 0.15) is 69.6 Å². The van der Waals surface area contributed by atoms with Gasteiger partial charge in [-0.1, -0.05) is 5.16 Å². The molecule has 27 heavy (non-hydrogen) atoms. The Bertz CT molecular complexity index is 1080. The summed E-state index contributed by atoms with van der Waals surface area (Å²) in [7, 11) is 1.98. The molecule has 7 nitrogen and oxygen atoms in total. The molecule has 3 aromatic heterocycles. The highest BCUT2D eigenvalue weighted by atomic mass is 16.5. The molecule has 7 heteroatoms. The molecule has 2 aliphatic rings. The van der Waals surface area contributed by atoms with E-state index in [1.807, 2.05) is 25.6 Å². The summed E-state index contributed by atoms with van der Waals surface area (Å²) in [5.41, 5.74) is 7.36. The Morgan fingerprint density at radius 2 is 2.04 bits per heavy atom. The predicted molar refractivity (Wildman–Crippen MR) is 99.7 cm³/mol. The molecule has 3 heterocycles. The lowest BCUT2D eigenvalue weighted by Gasteiger charge is -2.25. The predicted octanol–water partition coefficient (Wildman–Crippen LogP) is 2.87. The second kappa shape index (κ2) is 5.90. The number of fused-ring (bicyclic) bond motifs is 3. The second-order valence-corrected chi connectivity index (χ2v) is 7.70. The number of aryl methyl sites for hydroxylation is 4. The topological polar surface area (TPSA) is 85.8 Å². The van der Waals surface area contributed by atoms with Crippen molar-refractivity contribution in [2.24, 2.45) is 7.05 Å². The summed E-state index contributed by atoms with van der Waals surface area (Å²) in [5.74, 6) is -0.0482. The van der Waals surface area contributed by atoms with Crippen molar-refractivity contribution in [1.29, 1.82) is 0 Å². The van der Waals surface area contributed by atoms with Gasteiger partial charge in [-0.15, -0.1) is 0 Å². The molecule has 0 aliphatic heterocycles. The fourth-order valence-electron chi connectivity index (χ4n) is 4.83. The zero-order valence-corrected chi connectivity index (χ0v) is 15.9. The van der Waals surface area contributed by atoms with Crippen LogP contribution in [0.4, 0.5) is 0 Å². The number of pyridine rings is 1. The molecule has 1 unspecified atom stereocenters. The first kappa shape index (κ1) is 16.5. The van der Waals surface area contributed by atoms with Crippen LogP contribution in [0, 0.1) is 13.8 Å². The molecule has 0 saturated heterocycles. The van der Waals surface area contributed by atoms with Gasteiger partial charge in [-0.25, -0.2) is 4.98 Å². The first-order valence-electron chi connectivity index (χ1n) is 9.65. The second-order valence-electron chi connectivity index (χ2n) is 7.70. The first-order chi connectivity index (χ1) is 13.0. The molecular weight excluding hydrogens is 342 g/mol. The van der Waals surface area contributed by atoms with Gasteiger partial charge < -0.3 is 9.84 Å². The zero-order chi connectivity index (χ0) is 18.7. The molecule has 3 aromatic rings. The van der Waals surface area contributed by atoms with Crippen molar-refractivity contribution in [2.75, 3.05) is 0 Å². The lowest BCUT2D eigenvalue weighted by molar-refractivity contribution is 0.0933. The molecule has 1 atom stereocenters. The van der Waals surface area contributed by atoms with Gasteiger partial charge in [-0.3, -0.25) is 9.48 Å². The third-order valence-corrected chi connectivity index (χ3v) is 6.00. The number of nitrogens with one attached hydrogen (secondary N) is 1. The van der Waals surface area contributed by atoms with Gasteiger partial charge in [-0.2, -0.15) is 5.10 Å². The van der Waals surface area contributed by atoms with E-state index in [1.165, 1.54) is 11.3 Å². The lowest BCUT2D eigenvalue weighted by atomic mass is 9.90. The van der Waals surface area contributed by atoms with Crippen molar-refractivity contribution in [3.63, 3.8) is 0 Å². The van der Waals surface area contributed by atoms with Gasteiger partial charge >= 0.3 is 0 Å². The van der Waals surface area contributed by atoms with Gasteiger partial charge in [0.05, 0.1) is 28.4 Å². The van der Waals surface area contributed by atoms with E-state index in [9.17, 15) is 4.79 Å². The summed E-state index contributed by atoms with van der Waals surface area (Å²) in [6.45, 7) is 3.89. The Morgan fingerprint density at radius 3 is 2.89 bits per heavy atom. The molecule has 0 saturated carbocycles. The minimum atomic E-state index is -0.0482. The van der Waals surface area contributed by atoms with Crippen LogP contribution in [0.3, 0.4) is 0 Å². The Labute approximate surface area is 157 Å².